The van der Waals surface area contributed by atoms with Crippen LogP contribution >= 0.6 is 11.6 Å². The SMILES string of the molecule is Cn1c(CNC(=O)CCc2ncc(-c3ccc(Cl)cc3)o2)nc2ccccc21. The summed E-state index contributed by atoms with van der Waals surface area (Å²) in [6.07, 6.45) is 2.39. The van der Waals surface area contributed by atoms with Crippen molar-refractivity contribution in [3.63, 3.8) is 0 Å². The number of hydrogen-bond donors (Lipinski definition) is 1. The molecule has 1 amide bonds. The minimum Gasteiger partial charge on any atom is -0.441 e. The van der Waals surface area contributed by atoms with Crippen molar-refractivity contribution in [1.82, 2.24) is 19.9 Å². The molecule has 0 aliphatic heterocycles. The molecule has 0 bridgehead atoms. The lowest BCUT2D eigenvalue weighted by atomic mass is 10.2. The summed E-state index contributed by atoms with van der Waals surface area (Å²) in [4.78, 5) is 21.0. The first-order valence-corrected chi connectivity index (χ1v) is 9.35. The van der Waals surface area contributed by atoms with E-state index >= 15 is 0 Å². The summed E-state index contributed by atoms with van der Waals surface area (Å²) >= 11 is 5.90. The van der Waals surface area contributed by atoms with Crippen LogP contribution in [0.3, 0.4) is 0 Å². The lowest BCUT2D eigenvalue weighted by molar-refractivity contribution is -0.121. The number of para-hydroxylation sites is 2. The second-order valence-electron chi connectivity index (χ2n) is 6.48. The van der Waals surface area contributed by atoms with Gasteiger partial charge in [0.1, 0.15) is 5.82 Å². The zero-order chi connectivity index (χ0) is 19.5. The van der Waals surface area contributed by atoms with E-state index in [9.17, 15) is 4.79 Å². The Balaban J connectivity index is 1.32. The van der Waals surface area contributed by atoms with Crippen molar-refractivity contribution in [3.05, 3.63) is 71.5 Å². The molecule has 2 heterocycles. The molecule has 2 aromatic heterocycles. The number of imidazole rings is 1. The highest BCUT2D eigenvalue weighted by atomic mass is 35.5. The molecule has 0 fully saturated rings. The predicted octanol–water partition coefficient (Wildman–Crippen LogP) is 4.13. The third-order valence-corrected chi connectivity index (χ3v) is 4.82. The van der Waals surface area contributed by atoms with Crippen molar-refractivity contribution < 1.29 is 9.21 Å². The molecular formula is C21H19ClN4O2. The largest absolute Gasteiger partial charge is 0.441 e. The van der Waals surface area contributed by atoms with Crippen LogP contribution in [0.1, 0.15) is 18.1 Å². The molecule has 0 spiro atoms. The van der Waals surface area contributed by atoms with Gasteiger partial charge in [-0.1, -0.05) is 23.7 Å². The highest BCUT2D eigenvalue weighted by Gasteiger charge is 2.11. The van der Waals surface area contributed by atoms with Gasteiger partial charge in [0.25, 0.3) is 0 Å². The molecule has 0 unspecified atom stereocenters. The fraction of sp³-hybridized carbons (Fsp3) is 0.190. The van der Waals surface area contributed by atoms with Crippen LogP contribution in [0.5, 0.6) is 0 Å². The molecule has 4 rings (SSSR count). The Morgan fingerprint density at radius 2 is 1.96 bits per heavy atom. The number of fused-ring (bicyclic) bond motifs is 1. The maximum absolute atomic E-state index is 12.2. The zero-order valence-electron chi connectivity index (χ0n) is 15.4. The normalized spacial score (nSPS) is 11.1. The van der Waals surface area contributed by atoms with Crippen molar-refractivity contribution in [2.24, 2.45) is 7.05 Å². The second-order valence-corrected chi connectivity index (χ2v) is 6.91. The van der Waals surface area contributed by atoms with E-state index in [0.717, 1.165) is 22.4 Å². The maximum atomic E-state index is 12.2. The zero-order valence-corrected chi connectivity index (χ0v) is 16.1. The van der Waals surface area contributed by atoms with Crippen LogP contribution in [-0.4, -0.2) is 20.4 Å². The number of aromatic nitrogens is 3. The van der Waals surface area contributed by atoms with Gasteiger partial charge in [0.15, 0.2) is 11.7 Å². The molecule has 0 atom stereocenters. The first-order chi connectivity index (χ1) is 13.6. The van der Waals surface area contributed by atoms with Crippen LogP contribution in [0.15, 0.2) is 59.1 Å². The van der Waals surface area contributed by atoms with E-state index in [4.69, 9.17) is 16.0 Å². The number of nitrogens with one attached hydrogen (secondary N) is 1. The third-order valence-electron chi connectivity index (χ3n) is 4.57. The lowest BCUT2D eigenvalue weighted by Crippen LogP contribution is -2.24. The number of carbonyl (C=O) groups excluding carboxylic acids is 1. The monoisotopic (exact) mass is 394 g/mol. The van der Waals surface area contributed by atoms with Crippen LogP contribution in [0, 0.1) is 0 Å². The third kappa shape index (κ3) is 3.92. The van der Waals surface area contributed by atoms with E-state index in [1.807, 2.05) is 48.0 Å². The minimum absolute atomic E-state index is 0.0710. The number of nitrogens with zero attached hydrogens (tertiary/aromatic N) is 3. The minimum atomic E-state index is -0.0710. The molecule has 0 saturated carbocycles. The highest BCUT2D eigenvalue weighted by Crippen LogP contribution is 2.22. The van der Waals surface area contributed by atoms with Gasteiger partial charge in [-0.05, 0) is 36.4 Å². The van der Waals surface area contributed by atoms with Gasteiger partial charge in [-0.15, -0.1) is 0 Å². The van der Waals surface area contributed by atoms with Crippen molar-refractivity contribution in [1.29, 1.82) is 0 Å². The van der Waals surface area contributed by atoms with Gasteiger partial charge >= 0.3 is 0 Å². The van der Waals surface area contributed by atoms with Gasteiger partial charge in [-0.3, -0.25) is 4.79 Å². The smallest absolute Gasteiger partial charge is 0.220 e. The summed E-state index contributed by atoms with van der Waals surface area (Å²) in [7, 11) is 1.95. The van der Waals surface area contributed by atoms with Gasteiger partial charge in [0.2, 0.25) is 5.91 Å². The molecule has 7 heteroatoms. The number of aryl methyl sites for hydroxylation is 2. The molecule has 6 nitrogen and oxygen atoms in total. The molecule has 28 heavy (non-hydrogen) atoms. The standard InChI is InChI=1S/C21H19ClN4O2/c1-26-17-5-3-2-4-16(17)25-19(26)13-23-20(27)10-11-21-24-12-18(28-21)14-6-8-15(22)9-7-14/h2-9,12H,10-11,13H2,1H3,(H,23,27). The number of hydrogen-bond acceptors (Lipinski definition) is 4. The molecule has 0 radical (unpaired) electrons. The molecule has 0 saturated heterocycles. The summed E-state index contributed by atoms with van der Waals surface area (Å²) in [5, 5.41) is 3.58. The topological polar surface area (TPSA) is 73.0 Å². The molecule has 0 aliphatic carbocycles. The van der Waals surface area contributed by atoms with Crippen LogP contribution in [0.4, 0.5) is 0 Å². The van der Waals surface area contributed by atoms with E-state index in [1.165, 1.54) is 0 Å². The first-order valence-electron chi connectivity index (χ1n) is 8.98. The number of oxazole rings is 1. The Morgan fingerprint density at radius 3 is 2.75 bits per heavy atom. The van der Waals surface area contributed by atoms with Gasteiger partial charge in [-0.25, -0.2) is 9.97 Å². The number of carbonyl (C=O) groups is 1. The Labute approximate surface area is 167 Å². The fourth-order valence-corrected chi connectivity index (χ4v) is 3.14. The highest BCUT2D eigenvalue weighted by molar-refractivity contribution is 6.30. The molecular weight excluding hydrogens is 376 g/mol. The van der Waals surface area contributed by atoms with Crippen molar-refractivity contribution in [2.75, 3.05) is 0 Å². The quantitative estimate of drug-likeness (QED) is 0.533. The van der Waals surface area contributed by atoms with Crippen LogP contribution in [0.25, 0.3) is 22.4 Å². The number of amides is 1. The Morgan fingerprint density at radius 1 is 1.18 bits per heavy atom. The summed E-state index contributed by atoms with van der Waals surface area (Å²) in [5.41, 5.74) is 2.86. The van der Waals surface area contributed by atoms with Gasteiger partial charge in [-0.2, -0.15) is 0 Å². The van der Waals surface area contributed by atoms with E-state index in [1.54, 1.807) is 18.3 Å². The van der Waals surface area contributed by atoms with Gasteiger partial charge in [0.05, 0.1) is 23.8 Å². The van der Waals surface area contributed by atoms with E-state index in [0.29, 0.717) is 36.1 Å². The fourth-order valence-electron chi connectivity index (χ4n) is 3.01. The van der Waals surface area contributed by atoms with Crippen LogP contribution in [-0.2, 0) is 24.8 Å². The molecule has 1 N–H and O–H groups in total. The van der Waals surface area contributed by atoms with Crippen molar-refractivity contribution >= 4 is 28.5 Å². The van der Waals surface area contributed by atoms with E-state index < -0.39 is 0 Å². The predicted molar refractivity (Wildman–Crippen MR) is 108 cm³/mol. The maximum Gasteiger partial charge on any atom is 0.220 e. The molecule has 142 valence electrons. The summed E-state index contributed by atoms with van der Waals surface area (Å²) in [6, 6.07) is 15.2. The average molecular weight is 395 g/mol. The molecule has 2 aromatic carbocycles. The summed E-state index contributed by atoms with van der Waals surface area (Å²) < 4.78 is 7.72. The Kier molecular flexibility index (Phi) is 5.12. The number of rotatable bonds is 6. The van der Waals surface area contributed by atoms with Gasteiger partial charge in [0, 0.05) is 30.5 Å². The van der Waals surface area contributed by atoms with Crippen molar-refractivity contribution in [3.8, 4) is 11.3 Å². The van der Waals surface area contributed by atoms with Crippen molar-refractivity contribution in [2.45, 2.75) is 19.4 Å². The van der Waals surface area contributed by atoms with Gasteiger partial charge < -0.3 is 14.3 Å². The Hall–Kier alpha value is -3.12. The Bertz CT molecular complexity index is 1120. The number of benzene rings is 2. The number of halogens is 1. The summed E-state index contributed by atoms with van der Waals surface area (Å²) in [5.74, 6) is 1.93. The van der Waals surface area contributed by atoms with E-state index in [2.05, 4.69) is 15.3 Å². The average Bonchev–Trinajstić information content (AvgIpc) is 3.30. The first kappa shape index (κ1) is 18.3. The van der Waals surface area contributed by atoms with E-state index in [-0.39, 0.29) is 5.91 Å². The second kappa shape index (κ2) is 7.86. The summed E-state index contributed by atoms with van der Waals surface area (Å²) in [6.45, 7) is 0.381. The van der Waals surface area contributed by atoms with Crippen LogP contribution in [0.2, 0.25) is 5.02 Å². The lowest BCUT2D eigenvalue weighted by Gasteiger charge is -2.05. The molecule has 0 aliphatic rings. The van der Waals surface area contributed by atoms with Crippen LogP contribution < -0.4 is 5.32 Å². The molecule has 4 aromatic rings.